The average molecular weight is 536 g/mol. The molecule has 3 aromatic rings. The zero-order valence-corrected chi connectivity index (χ0v) is 21.1. The number of nitrogens with one attached hydrogen (secondary N) is 2. The van der Waals surface area contributed by atoms with E-state index in [1.54, 1.807) is 26.8 Å². The number of anilines is 2. The highest BCUT2D eigenvalue weighted by atomic mass is 35.5. The van der Waals surface area contributed by atoms with Gasteiger partial charge in [0.1, 0.15) is 5.00 Å². The minimum Gasteiger partial charge on any atom is -0.462 e. The summed E-state index contributed by atoms with van der Waals surface area (Å²) in [6, 6.07) is 8.59. The fourth-order valence-corrected chi connectivity index (χ4v) is 4.58. The van der Waals surface area contributed by atoms with Crippen molar-refractivity contribution in [2.75, 3.05) is 17.2 Å². The van der Waals surface area contributed by atoms with Gasteiger partial charge in [-0.3, -0.25) is 19.7 Å². The monoisotopic (exact) mass is 535 g/mol. The van der Waals surface area contributed by atoms with Gasteiger partial charge in [0.2, 0.25) is 0 Å². The van der Waals surface area contributed by atoms with Gasteiger partial charge in [-0.05, 0) is 50.6 Å². The van der Waals surface area contributed by atoms with Crippen LogP contribution in [0.4, 0.5) is 16.4 Å². The highest BCUT2D eigenvalue weighted by Gasteiger charge is 2.27. The summed E-state index contributed by atoms with van der Waals surface area (Å²) in [6.45, 7) is 4.80. The van der Waals surface area contributed by atoms with Crippen LogP contribution in [0.15, 0.2) is 36.4 Å². The van der Waals surface area contributed by atoms with Gasteiger partial charge in [-0.1, -0.05) is 29.3 Å². The van der Waals surface area contributed by atoms with Gasteiger partial charge < -0.3 is 15.4 Å². The summed E-state index contributed by atoms with van der Waals surface area (Å²) in [5, 5.41) is 17.2. The quantitative estimate of drug-likeness (QED) is 0.208. The maximum Gasteiger partial charge on any atom is 0.341 e. The lowest BCUT2D eigenvalue weighted by molar-refractivity contribution is -0.385. The second-order valence-corrected chi connectivity index (χ2v) is 9.14. The summed E-state index contributed by atoms with van der Waals surface area (Å²) in [7, 11) is 0. The number of esters is 1. The van der Waals surface area contributed by atoms with Crippen molar-refractivity contribution >= 4 is 68.7 Å². The number of carbonyl (C=O) groups excluding carboxylic acids is 3. The van der Waals surface area contributed by atoms with Crippen molar-refractivity contribution in [2.24, 2.45) is 0 Å². The highest BCUT2D eigenvalue weighted by Crippen LogP contribution is 2.35. The third kappa shape index (κ3) is 5.79. The second-order valence-electron chi connectivity index (χ2n) is 7.27. The van der Waals surface area contributed by atoms with Crippen LogP contribution in [-0.4, -0.2) is 29.3 Å². The molecule has 0 atom stereocenters. The Morgan fingerprint density at radius 2 is 1.77 bits per heavy atom. The van der Waals surface area contributed by atoms with Crippen molar-refractivity contribution in [3.8, 4) is 0 Å². The number of nitrogens with zero attached hydrogens (tertiary/aromatic N) is 1. The lowest BCUT2D eigenvalue weighted by atomic mass is 10.1. The Labute approximate surface area is 214 Å². The number of benzene rings is 2. The number of rotatable bonds is 7. The summed E-state index contributed by atoms with van der Waals surface area (Å²) in [6.07, 6.45) is 0. The zero-order chi connectivity index (χ0) is 25.9. The van der Waals surface area contributed by atoms with Crippen molar-refractivity contribution in [1.82, 2.24) is 0 Å². The molecule has 0 radical (unpaired) electrons. The fraction of sp³-hybridized carbons (Fsp3) is 0.174. The minimum absolute atomic E-state index is 0.00847. The maximum atomic E-state index is 13.0. The van der Waals surface area contributed by atoms with Crippen molar-refractivity contribution in [1.29, 1.82) is 0 Å². The number of hydrogen-bond acceptors (Lipinski definition) is 7. The van der Waals surface area contributed by atoms with E-state index in [2.05, 4.69) is 10.6 Å². The van der Waals surface area contributed by atoms with Crippen molar-refractivity contribution in [3.05, 3.63) is 83.7 Å². The summed E-state index contributed by atoms with van der Waals surface area (Å²) >= 11 is 13.0. The first-order valence-electron chi connectivity index (χ1n) is 10.2. The van der Waals surface area contributed by atoms with E-state index < -0.39 is 22.7 Å². The summed E-state index contributed by atoms with van der Waals surface area (Å²) < 4.78 is 5.11. The molecule has 0 saturated carbocycles. The molecule has 12 heteroatoms. The maximum absolute atomic E-state index is 13.0. The molecule has 0 bridgehead atoms. The number of nitro groups is 1. The van der Waals surface area contributed by atoms with Gasteiger partial charge in [-0.2, -0.15) is 0 Å². The number of nitro benzene ring substituents is 1. The Morgan fingerprint density at radius 1 is 1.06 bits per heavy atom. The molecule has 0 aliphatic carbocycles. The van der Waals surface area contributed by atoms with Crippen molar-refractivity contribution in [3.63, 3.8) is 0 Å². The Kier molecular flexibility index (Phi) is 8.11. The molecule has 35 heavy (non-hydrogen) atoms. The second kappa shape index (κ2) is 10.9. The number of aryl methyl sites for hydroxylation is 1. The van der Waals surface area contributed by atoms with Crippen LogP contribution in [0.2, 0.25) is 10.0 Å². The van der Waals surface area contributed by atoms with Gasteiger partial charge in [0, 0.05) is 22.2 Å². The topological polar surface area (TPSA) is 128 Å². The number of amides is 2. The van der Waals surface area contributed by atoms with Crippen LogP contribution in [-0.2, 0) is 4.74 Å². The molecule has 1 aromatic heterocycles. The van der Waals surface area contributed by atoms with E-state index in [-0.39, 0.29) is 49.6 Å². The highest BCUT2D eigenvalue weighted by molar-refractivity contribution is 7.19. The smallest absolute Gasteiger partial charge is 0.341 e. The third-order valence-electron chi connectivity index (χ3n) is 4.90. The van der Waals surface area contributed by atoms with Crippen molar-refractivity contribution in [2.45, 2.75) is 20.8 Å². The number of ether oxygens (including phenoxy) is 1. The van der Waals surface area contributed by atoms with E-state index in [0.717, 1.165) is 17.4 Å². The zero-order valence-electron chi connectivity index (χ0n) is 18.7. The molecule has 9 nitrogen and oxygen atoms in total. The fourth-order valence-electron chi connectivity index (χ4n) is 3.16. The van der Waals surface area contributed by atoms with E-state index in [9.17, 15) is 24.5 Å². The predicted octanol–water partition coefficient (Wildman–Crippen LogP) is 6.26. The molecule has 0 saturated heterocycles. The lowest BCUT2D eigenvalue weighted by Crippen LogP contribution is -2.15. The molecule has 0 spiro atoms. The van der Waals surface area contributed by atoms with Gasteiger partial charge in [-0.25, -0.2) is 4.79 Å². The standard InChI is InChI=1S/C23H19Cl2N3O6S/c1-4-34-23(31)18-12(3)19(21(30)26-16-10-14(24)7-8-15(16)25)35-22(18)27-20(29)13-6-5-11(2)17(9-13)28(32)33/h5-10H,4H2,1-3H3,(H,26,30)(H,27,29). The molecule has 2 N–H and O–H groups in total. The molecule has 3 rings (SSSR count). The van der Waals surface area contributed by atoms with Crippen molar-refractivity contribution < 1.29 is 24.0 Å². The number of halogens is 2. The molecule has 2 amide bonds. The minimum atomic E-state index is -0.730. The molecule has 0 fully saturated rings. The summed E-state index contributed by atoms with van der Waals surface area (Å²) in [5.41, 5.74) is 0.754. The molecule has 1 heterocycles. The Hall–Kier alpha value is -3.47. The van der Waals surface area contributed by atoms with Crippen LogP contribution in [0.1, 0.15) is 48.4 Å². The Bertz CT molecular complexity index is 1360. The van der Waals surface area contributed by atoms with Gasteiger partial charge in [0.05, 0.1) is 32.7 Å². The number of carbonyl (C=O) groups is 3. The van der Waals surface area contributed by atoms with Crippen LogP contribution >= 0.6 is 34.5 Å². The Morgan fingerprint density at radius 3 is 2.43 bits per heavy atom. The third-order valence-corrected chi connectivity index (χ3v) is 6.67. The van der Waals surface area contributed by atoms with E-state index in [0.29, 0.717) is 10.6 Å². The van der Waals surface area contributed by atoms with Gasteiger partial charge in [-0.15, -0.1) is 11.3 Å². The summed E-state index contributed by atoms with van der Waals surface area (Å²) in [4.78, 5) is 49.3. The molecule has 0 aliphatic rings. The SMILES string of the molecule is CCOC(=O)c1c(NC(=O)c2ccc(C)c([N+](=O)[O-])c2)sc(C(=O)Nc2cc(Cl)ccc2Cl)c1C. The van der Waals surface area contributed by atoms with Gasteiger partial charge >= 0.3 is 5.97 Å². The summed E-state index contributed by atoms with van der Waals surface area (Å²) in [5.74, 6) is -2.00. The molecular formula is C23H19Cl2N3O6S. The largest absolute Gasteiger partial charge is 0.462 e. The van der Waals surface area contributed by atoms with Crippen LogP contribution < -0.4 is 10.6 Å². The molecule has 2 aromatic carbocycles. The van der Waals surface area contributed by atoms with E-state index in [1.165, 1.54) is 24.3 Å². The first-order valence-corrected chi connectivity index (χ1v) is 11.7. The normalized spacial score (nSPS) is 10.5. The predicted molar refractivity (Wildman–Crippen MR) is 135 cm³/mol. The molecular weight excluding hydrogens is 517 g/mol. The van der Waals surface area contributed by atoms with E-state index >= 15 is 0 Å². The van der Waals surface area contributed by atoms with Crippen LogP contribution in [0.25, 0.3) is 0 Å². The Balaban J connectivity index is 1.98. The average Bonchev–Trinajstić information content (AvgIpc) is 3.12. The number of hydrogen-bond donors (Lipinski definition) is 2. The molecule has 182 valence electrons. The number of thiophene rings is 1. The van der Waals surface area contributed by atoms with Crippen LogP contribution in [0, 0.1) is 24.0 Å². The van der Waals surface area contributed by atoms with Crippen LogP contribution in [0.5, 0.6) is 0 Å². The molecule has 0 aliphatic heterocycles. The van der Waals surface area contributed by atoms with Crippen LogP contribution in [0.3, 0.4) is 0 Å². The first kappa shape index (κ1) is 26.1. The lowest BCUT2D eigenvalue weighted by Gasteiger charge is -2.08. The van der Waals surface area contributed by atoms with Gasteiger partial charge in [0.15, 0.2) is 0 Å². The van der Waals surface area contributed by atoms with E-state index in [1.807, 2.05) is 0 Å². The first-order chi connectivity index (χ1) is 16.5. The molecule has 0 unspecified atom stereocenters. The van der Waals surface area contributed by atoms with Gasteiger partial charge in [0.25, 0.3) is 17.5 Å². The van der Waals surface area contributed by atoms with E-state index in [4.69, 9.17) is 27.9 Å².